The van der Waals surface area contributed by atoms with Crippen LogP contribution in [0.1, 0.15) is 32.1 Å². The number of likely N-dealkylation sites (N-methyl/N-ethyl adjacent to an activating group) is 1. The molecule has 1 aliphatic heterocycles. The molecule has 0 atom stereocenters. The van der Waals surface area contributed by atoms with Crippen LogP contribution in [0.3, 0.4) is 0 Å². The van der Waals surface area contributed by atoms with E-state index in [1.165, 1.54) is 6.42 Å². The molecule has 34 heavy (non-hydrogen) atoms. The number of aromatic amines is 1. The van der Waals surface area contributed by atoms with Crippen molar-refractivity contribution in [3.63, 3.8) is 0 Å². The molecule has 3 N–H and O–H groups in total. The maximum absolute atomic E-state index is 13.0. The zero-order valence-electron chi connectivity index (χ0n) is 19.6. The van der Waals surface area contributed by atoms with Gasteiger partial charge >= 0.3 is 6.03 Å². The van der Waals surface area contributed by atoms with Gasteiger partial charge in [0.25, 0.3) is 5.56 Å². The average molecular weight is 461 g/mol. The summed E-state index contributed by atoms with van der Waals surface area (Å²) in [6.45, 7) is 3.74. The second kappa shape index (κ2) is 9.85. The number of carbonyl (C=O) groups is 1. The van der Waals surface area contributed by atoms with Crippen LogP contribution in [0.5, 0.6) is 0 Å². The highest BCUT2D eigenvalue weighted by molar-refractivity contribution is 5.98. The molecule has 2 heterocycles. The summed E-state index contributed by atoms with van der Waals surface area (Å²) >= 11 is 0. The number of anilines is 2. The van der Waals surface area contributed by atoms with Crippen LogP contribution in [0.25, 0.3) is 22.0 Å². The number of nitrogens with zero attached hydrogens (tertiary/aromatic N) is 3. The monoisotopic (exact) mass is 460 g/mol. The molecule has 1 aliphatic carbocycles. The molecule has 2 aliphatic rings. The van der Waals surface area contributed by atoms with Crippen molar-refractivity contribution in [1.82, 2.24) is 20.4 Å². The second-order valence-electron chi connectivity index (χ2n) is 9.40. The molecule has 1 aromatic heterocycles. The van der Waals surface area contributed by atoms with Crippen LogP contribution < -0.4 is 21.1 Å². The Morgan fingerprint density at radius 3 is 2.50 bits per heavy atom. The van der Waals surface area contributed by atoms with E-state index in [9.17, 15) is 9.59 Å². The Hall–Kier alpha value is -3.39. The summed E-state index contributed by atoms with van der Waals surface area (Å²) in [4.78, 5) is 29.8. The topological polar surface area (TPSA) is 93.4 Å². The first-order valence-electron chi connectivity index (χ1n) is 12.2. The van der Waals surface area contributed by atoms with Crippen molar-refractivity contribution >= 4 is 28.2 Å². The molecule has 0 radical (unpaired) electrons. The molecule has 0 bridgehead atoms. The quantitative estimate of drug-likeness (QED) is 0.551. The molecule has 0 unspecified atom stereocenters. The molecule has 5 rings (SSSR count). The zero-order valence-corrected chi connectivity index (χ0v) is 19.6. The number of piperazine rings is 1. The van der Waals surface area contributed by atoms with Crippen LogP contribution in [-0.2, 0) is 0 Å². The lowest BCUT2D eigenvalue weighted by Gasteiger charge is -2.35. The smallest absolute Gasteiger partial charge is 0.319 e. The standard InChI is InChI=1S/C26H32N6O2/c1-31-13-15-32(16-14-31)23-12-11-18(24-20-9-5-6-10-21(20)25(33)30-29-24)17-22(23)28-26(34)27-19-7-3-2-4-8-19/h5-6,9-12,17,19H,2-4,7-8,13-16H2,1H3,(H,30,33)(H2,27,28,34). The highest BCUT2D eigenvalue weighted by Crippen LogP contribution is 2.33. The van der Waals surface area contributed by atoms with Crippen LogP contribution in [0.2, 0.25) is 0 Å². The Morgan fingerprint density at radius 1 is 1.00 bits per heavy atom. The summed E-state index contributed by atoms with van der Waals surface area (Å²) in [5.41, 5.74) is 3.09. The fourth-order valence-electron chi connectivity index (χ4n) is 5.03. The molecule has 3 aromatic rings. The van der Waals surface area contributed by atoms with Gasteiger partial charge in [0, 0.05) is 43.2 Å². The molecular weight excluding hydrogens is 428 g/mol. The first-order valence-corrected chi connectivity index (χ1v) is 12.2. The predicted octanol–water partition coefficient (Wildman–Crippen LogP) is 3.80. The Bertz CT molecular complexity index is 1230. The highest BCUT2D eigenvalue weighted by atomic mass is 16.2. The SMILES string of the molecule is CN1CCN(c2ccc(-c3n[nH]c(=O)c4ccccc34)cc2NC(=O)NC2CCCCC2)CC1. The minimum absolute atomic E-state index is 0.168. The maximum atomic E-state index is 13.0. The number of nitrogens with one attached hydrogen (secondary N) is 3. The first kappa shape index (κ1) is 22.4. The van der Waals surface area contributed by atoms with Crippen LogP contribution in [0, 0.1) is 0 Å². The van der Waals surface area contributed by atoms with Crippen molar-refractivity contribution in [3.05, 3.63) is 52.8 Å². The summed E-state index contributed by atoms with van der Waals surface area (Å²) in [5.74, 6) is 0. The van der Waals surface area contributed by atoms with Gasteiger partial charge in [0.1, 0.15) is 0 Å². The molecule has 8 heteroatoms. The molecule has 1 saturated heterocycles. The lowest BCUT2D eigenvalue weighted by molar-refractivity contribution is 0.244. The van der Waals surface area contributed by atoms with E-state index in [2.05, 4.69) is 43.7 Å². The number of hydrogen-bond donors (Lipinski definition) is 3. The Morgan fingerprint density at radius 2 is 1.74 bits per heavy atom. The lowest BCUT2D eigenvalue weighted by Crippen LogP contribution is -2.45. The van der Waals surface area contributed by atoms with E-state index in [1.54, 1.807) is 6.07 Å². The molecule has 2 amide bonds. The fraction of sp³-hybridized carbons (Fsp3) is 0.423. The zero-order chi connectivity index (χ0) is 23.5. The van der Waals surface area contributed by atoms with Gasteiger partial charge in [0.15, 0.2) is 0 Å². The number of carbonyl (C=O) groups excluding carboxylic acids is 1. The van der Waals surface area contributed by atoms with E-state index in [1.807, 2.05) is 30.3 Å². The van der Waals surface area contributed by atoms with Gasteiger partial charge in [-0.3, -0.25) is 4.79 Å². The van der Waals surface area contributed by atoms with Crippen molar-refractivity contribution in [2.24, 2.45) is 0 Å². The van der Waals surface area contributed by atoms with Gasteiger partial charge < -0.3 is 20.4 Å². The van der Waals surface area contributed by atoms with Crippen LogP contribution in [0.15, 0.2) is 47.3 Å². The highest BCUT2D eigenvalue weighted by Gasteiger charge is 2.21. The molecule has 2 aromatic carbocycles. The number of rotatable bonds is 4. The van der Waals surface area contributed by atoms with E-state index >= 15 is 0 Å². The van der Waals surface area contributed by atoms with Crippen LogP contribution >= 0.6 is 0 Å². The van der Waals surface area contributed by atoms with Crippen molar-refractivity contribution in [3.8, 4) is 11.3 Å². The van der Waals surface area contributed by atoms with Gasteiger partial charge in [0.2, 0.25) is 0 Å². The summed E-state index contributed by atoms with van der Waals surface area (Å²) in [5, 5.41) is 14.7. The average Bonchev–Trinajstić information content (AvgIpc) is 2.86. The minimum atomic E-state index is -0.210. The third-order valence-corrected chi connectivity index (χ3v) is 7.00. The number of aromatic nitrogens is 2. The summed E-state index contributed by atoms with van der Waals surface area (Å²) in [6.07, 6.45) is 5.64. The van der Waals surface area contributed by atoms with E-state index in [0.29, 0.717) is 11.1 Å². The van der Waals surface area contributed by atoms with Gasteiger partial charge in [0.05, 0.1) is 22.5 Å². The van der Waals surface area contributed by atoms with Crippen molar-refractivity contribution in [1.29, 1.82) is 0 Å². The number of benzene rings is 2. The Balaban J connectivity index is 1.49. The normalized spacial score (nSPS) is 17.6. The summed E-state index contributed by atoms with van der Waals surface area (Å²) in [6, 6.07) is 13.6. The molecule has 1 saturated carbocycles. The summed E-state index contributed by atoms with van der Waals surface area (Å²) < 4.78 is 0. The third-order valence-electron chi connectivity index (χ3n) is 7.00. The first-order chi connectivity index (χ1) is 16.6. The van der Waals surface area contributed by atoms with Gasteiger partial charge in [-0.2, -0.15) is 5.10 Å². The van der Waals surface area contributed by atoms with Crippen molar-refractivity contribution in [2.45, 2.75) is 38.1 Å². The summed E-state index contributed by atoms with van der Waals surface area (Å²) in [7, 11) is 2.13. The van der Waals surface area contributed by atoms with Gasteiger partial charge in [-0.1, -0.05) is 43.5 Å². The molecule has 8 nitrogen and oxygen atoms in total. The Kier molecular flexibility index (Phi) is 6.49. The Labute approximate surface area is 199 Å². The number of H-pyrrole nitrogens is 1. The molecule has 2 fully saturated rings. The number of fused-ring (bicyclic) bond motifs is 1. The number of urea groups is 1. The van der Waals surface area contributed by atoms with Crippen LogP contribution in [0.4, 0.5) is 16.2 Å². The van der Waals surface area contributed by atoms with Crippen molar-refractivity contribution in [2.75, 3.05) is 43.4 Å². The van der Waals surface area contributed by atoms with Crippen LogP contribution in [-0.4, -0.2) is 60.4 Å². The molecule has 0 spiro atoms. The van der Waals surface area contributed by atoms with Crippen molar-refractivity contribution < 1.29 is 4.79 Å². The predicted molar refractivity (Wildman–Crippen MR) is 137 cm³/mol. The van der Waals surface area contributed by atoms with E-state index in [0.717, 1.165) is 74.2 Å². The second-order valence-corrected chi connectivity index (χ2v) is 9.40. The van der Waals surface area contributed by atoms with Gasteiger partial charge in [-0.05, 0) is 38.1 Å². The van der Waals surface area contributed by atoms with E-state index < -0.39 is 0 Å². The minimum Gasteiger partial charge on any atom is -0.367 e. The van der Waals surface area contributed by atoms with E-state index in [-0.39, 0.29) is 17.6 Å². The molecule has 178 valence electrons. The van der Waals surface area contributed by atoms with Gasteiger partial charge in [-0.15, -0.1) is 0 Å². The molecular formula is C26H32N6O2. The van der Waals surface area contributed by atoms with Gasteiger partial charge in [-0.25, -0.2) is 9.89 Å². The van der Waals surface area contributed by atoms with E-state index in [4.69, 9.17) is 0 Å². The number of hydrogen-bond acceptors (Lipinski definition) is 5. The number of amides is 2. The fourth-order valence-corrected chi connectivity index (χ4v) is 5.03. The largest absolute Gasteiger partial charge is 0.367 e. The third kappa shape index (κ3) is 4.77. The lowest BCUT2D eigenvalue weighted by atomic mass is 9.96. The maximum Gasteiger partial charge on any atom is 0.319 e.